The van der Waals surface area contributed by atoms with Crippen LogP contribution in [0.25, 0.3) is 22.3 Å². The van der Waals surface area contributed by atoms with Gasteiger partial charge in [-0.3, -0.25) is 0 Å². The highest BCUT2D eigenvalue weighted by molar-refractivity contribution is 5.96. The standard InChI is InChI=1S/C60H57N/c1-57(2,3)44-33-36-48-51(37-44)60(42-23-14-10-15-24-42,43-25-16-11-17-26-43)52-38-45(58(4,5)6)39-54(56(48)52)61(46-34-31-41(32-35-46)40-21-12-9-13-22-40)53-30-20-29-50-55(53)47-27-18-19-28-49(47)59(50,7)8/h9-39,53,55H,1-8H3. The van der Waals surface area contributed by atoms with Crippen LogP contribution in [0, 0.1) is 0 Å². The van der Waals surface area contributed by atoms with Gasteiger partial charge in [0.15, 0.2) is 0 Å². The van der Waals surface area contributed by atoms with Crippen molar-refractivity contribution in [2.75, 3.05) is 4.90 Å². The van der Waals surface area contributed by atoms with Crippen molar-refractivity contribution in [2.45, 2.75) is 89.0 Å². The Balaban J connectivity index is 1.33. The normalized spacial score (nSPS) is 18.1. The Morgan fingerprint density at radius 3 is 1.69 bits per heavy atom. The zero-order chi connectivity index (χ0) is 42.3. The maximum atomic E-state index is 2.72. The van der Waals surface area contributed by atoms with Gasteiger partial charge in [0.25, 0.3) is 0 Å². The maximum Gasteiger partial charge on any atom is 0.0714 e. The number of anilines is 2. The summed E-state index contributed by atoms with van der Waals surface area (Å²) in [5.74, 6) is 0.177. The van der Waals surface area contributed by atoms with Gasteiger partial charge in [-0.15, -0.1) is 0 Å². The second kappa shape index (κ2) is 14.2. The summed E-state index contributed by atoms with van der Waals surface area (Å²) in [5, 5.41) is 0. The fourth-order valence-electron chi connectivity index (χ4n) is 10.9. The fraction of sp³-hybridized carbons (Fsp3) is 0.233. The first-order chi connectivity index (χ1) is 29.3. The van der Waals surface area contributed by atoms with Crippen LogP contribution in [0.5, 0.6) is 0 Å². The lowest BCUT2D eigenvalue weighted by Crippen LogP contribution is -2.38. The van der Waals surface area contributed by atoms with Crippen LogP contribution in [0.15, 0.2) is 194 Å². The molecule has 1 heteroatoms. The minimum Gasteiger partial charge on any atom is -0.333 e. The molecular weight excluding hydrogens is 735 g/mol. The molecule has 2 unspecified atom stereocenters. The predicted molar refractivity (Wildman–Crippen MR) is 258 cm³/mol. The van der Waals surface area contributed by atoms with E-state index in [-0.39, 0.29) is 28.2 Å². The summed E-state index contributed by atoms with van der Waals surface area (Å²) >= 11 is 0. The average molecular weight is 792 g/mol. The van der Waals surface area contributed by atoms with Crippen molar-refractivity contribution >= 4 is 11.4 Å². The number of nitrogens with zero attached hydrogens (tertiary/aromatic N) is 1. The number of allylic oxidation sites excluding steroid dienone is 2. The van der Waals surface area contributed by atoms with E-state index < -0.39 is 5.41 Å². The van der Waals surface area contributed by atoms with Crippen LogP contribution < -0.4 is 4.90 Å². The Morgan fingerprint density at radius 1 is 0.508 bits per heavy atom. The third-order valence-electron chi connectivity index (χ3n) is 14.1. The van der Waals surface area contributed by atoms with E-state index in [0.29, 0.717) is 0 Å². The number of benzene rings is 7. The van der Waals surface area contributed by atoms with Gasteiger partial charge in [-0.25, -0.2) is 0 Å². The lowest BCUT2D eigenvalue weighted by molar-refractivity contribution is 0.577. The Labute approximate surface area is 364 Å². The Morgan fingerprint density at radius 2 is 1.07 bits per heavy atom. The predicted octanol–water partition coefficient (Wildman–Crippen LogP) is 15.4. The molecule has 2 atom stereocenters. The first-order valence-electron chi connectivity index (χ1n) is 22.2. The molecule has 3 aliphatic rings. The van der Waals surface area contributed by atoms with Gasteiger partial charge in [-0.05, 0) is 90.2 Å². The molecule has 61 heavy (non-hydrogen) atoms. The van der Waals surface area contributed by atoms with E-state index in [9.17, 15) is 0 Å². The molecule has 0 N–H and O–H groups in total. The van der Waals surface area contributed by atoms with Gasteiger partial charge in [-0.2, -0.15) is 0 Å². The highest BCUT2D eigenvalue weighted by atomic mass is 15.2. The second-order valence-corrected chi connectivity index (χ2v) is 20.1. The van der Waals surface area contributed by atoms with Crippen LogP contribution in [-0.4, -0.2) is 6.04 Å². The number of hydrogen-bond acceptors (Lipinski definition) is 1. The van der Waals surface area contributed by atoms with Gasteiger partial charge >= 0.3 is 0 Å². The summed E-state index contributed by atoms with van der Waals surface area (Å²) in [4.78, 5) is 2.72. The lowest BCUT2D eigenvalue weighted by atomic mass is 9.66. The van der Waals surface area contributed by atoms with Crippen LogP contribution in [0.1, 0.15) is 106 Å². The van der Waals surface area contributed by atoms with Crippen LogP contribution in [-0.2, 0) is 21.7 Å². The molecule has 0 saturated heterocycles. The summed E-state index contributed by atoms with van der Waals surface area (Å²) in [7, 11) is 0. The molecule has 7 aromatic carbocycles. The Kier molecular flexibility index (Phi) is 9.08. The van der Waals surface area contributed by atoms with Crippen LogP contribution in [0.3, 0.4) is 0 Å². The summed E-state index contributed by atoms with van der Waals surface area (Å²) < 4.78 is 0. The number of fused-ring (bicyclic) bond motifs is 6. The second-order valence-electron chi connectivity index (χ2n) is 20.1. The highest BCUT2D eigenvalue weighted by Gasteiger charge is 2.51. The molecule has 1 nitrogen and oxygen atoms in total. The summed E-state index contributed by atoms with van der Waals surface area (Å²) in [5.41, 5.74) is 19.0. The molecule has 10 rings (SSSR count). The first kappa shape index (κ1) is 39.0. The third kappa shape index (κ3) is 6.11. The van der Waals surface area contributed by atoms with Crippen molar-refractivity contribution in [3.05, 3.63) is 238 Å². The smallest absolute Gasteiger partial charge is 0.0714 e. The van der Waals surface area contributed by atoms with Crippen molar-refractivity contribution in [3.8, 4) is 22.3 Å². The van der Waals surface area contributed by atoms with Crippen molar-refractivity contribution in [1.29, 1.82) is 0 Å². The highest BCUT2D eigenvalue weighted by Crippen LogP contribution is 2.62. The monoisotopic (exact) mass is 791 g/mol. The topological polar surface area (TPSA) is 3.24 Å². The Bertz CT molecular complexity index is 2790. The minimum absolute atomic E-state index is 0.0190. The van der Waals surface area contributed by atoms with Crippen molar-refractivity contribution in [2.24, 2.45) is 0 Å². The largest absolute Gasteiger partial charge is 0.333 e. The van der Waals surface area contributed by atoms with Crippen molar-refractivity contribution in [1.82, 2.24) is 0 Å². The molecule has 0 spiro atoms. The van der Waals surface area contributed by atoms with Crippen LogP contribution in [0.2, 0.25) is 0 Å². The fourth-order valence-corrected chi connectivity index (χ4v) is 10.9. The van der Waals surface area contributed by atoms with Gasteiger partial charge in [0.2, 0.25) is 0 Å². The van der Waals surface area contributed by atoms with E-state index in [2.05, 4.69) is 248 Å². The lowest BCUT2D eigenvalue weighted by Gasteiger charge is -2.41. The van der Waals surface area contributed by atoms with Gasteiger partial charge in [0, 0.05) is 22.6 Å². The third-order valence-corrected chi connectivity index (χ3v) is 14.1. The summed E-state index contributed by atoms with van der Waals surface area (Å²) in [6.07, 6.45) is 7.23. The molecule has 0 saturated carbocycles. The van der Waals surface area contributed by atoms with E-state index in [1.807, 2.05) is 0 Å². The average Bonchev–Trinajstić information content (AvgIpc) is 3.70. The Hall–Kier alpha value is -6.18. The molecule has 0 aliphatic heterocycles. The first-order valence-corrected chi connectivity index (χ1v) is 22.2. The van der Waals surface area contributed by atoms with Crippen LogP contribution >= 0.6 is 0 Å². The van der Waals surface area contributed by atoms with Gasteiger partial charge < -0.3 is 4.90 Å². The molecule has 0 amide bonds. The number of rotatable bonds is 6. The summed E-state index contributed by atoms with van der Waals surface area (Å²) in [6, 6.07) is 64.5. The van der Waals surface area contributed by atoms with Crippen molar-refractivity contribution in [3.63, 3.8) is 0 Å². The van der Waals surface area contributed by atoms with E-state index in [1.54, 1.807) is 0 Å². The zero-order valence-corrected chi connectivity index (χ0v) is 37.0. The molecular formula is C60H57N. The molecule has 0 radical (unpaired) electrons. The molecule has 3 aliphatic carbocycles. The molecule has 0 fully saturated rings. The van der Waals surface area contributed by atoms with Crippen LogP contribution in [0.4, 0.5) is 11.4 Å². The van der Waals surface area contributed by atoms with Gasteiger partial charge in [0.05, 0.1) is 17.1 Å². The SMILES string of the molecule is CC(C)(C)c1ccc2c(c1)C(c1ccccc1)(c1ccccc1)c1cc(C(C)(C)C)cc(N(c3ccc(-c4ccccc4)cc3)C3C=CC=C4C3c3ccccc3C4(C)C)c1-2. The van der Waals surface area contributed by atoms with Gasteiger partial charge in [-0.1, -0.05) is 231 Å². The summed E-state index contributed by atoms with van der Waals surface area (Å²) in [6.45, 7) is 19.0. The molecule has 0 heterocycles. The van der Waals surface area contributed by atoms with E-state index >= 15 is 0 Å². The van der Waals surface area contributed by atoms with E-state index in [0.717, 1.165) is 0 Å². The molecule has 0 bridgehead atoms. The van der Waals surface area contributed by atoms with E-state index in [1.165, 1.54) is 83.7 Å². The van der Waals surface area contributed by atoms with Crippen molar-refractivity contribution < 1.29 is 0 Å². The molecule has 0 aromatic heterocycles. The quantitative estimate of drug-likeness (QED) is 0.162. The van der Waals surface area contributed by atoms with Gasteiger partial charge in [0.1, 0.15) is 0 Å². The maximum absolute atomic E-state index is 2.72. The van der Waals surface area contributed by atoms with E-state index in [4.69, 9.17) is 0 Å². The molecule has 302 valence electrons. The zero-order valence-electron chi connectivity index (χ0n) is 37.0. The number of hydrogen-bond donors (Lipinski definition) is 0. The minimum atomic E-state index is -0.553. The molecule has 7 aromatic rings.